The lowest BCUT2D eigenvalue weighted by Gasteiger charge is -2.11. The minimum absolute atomic E-state index is 0.297. The molecule has 0 aliphatic rings. The van der Waals surface area contributed by atoms with Crippen LogP contribution in [0.2, 0.25) is 0 Å². The van der Waals surface area contributed by atoms with Gasteiger partial charge in [0.25, 0.3) is 0 Å². The van der Waals surface area contributed by atoms with Gasteiger partial charge in [0, 0.05) is 18.4 Å². The lowest BCUT2D eigenvalue weighted by molar-refractivity contribution is 0.532. The molecule has 1 aromatic rings. The Morgan fingerprint density at radius 2 is 1.94 bits per heavy atom. The SMILES string of the molecule is CCCCCCCCC(N)Cc1cccnc1. The van der Waals surface area contributed by atoms with Crippen molar-refractivity contribution in [3.63, 3.8) is 0 Å². The Morgan fingerprint density at radius 3 is 2.65 bits per heavy atom. The fourth-order valence-corrected chi connectivity index (χ4v) is 2.11. The molecule has 1 atom stereocenters. The molecule has 1 aromatic heterocycles. The van der Waals surface area contributed by atoms with E-state index in [-0.39, 0.29) is 0 Å². The van der Waals surface area contributed by atoms with Crippen molar-refractivity contribution in [1.29, 1.82) is 0 Å². The number of nitrogens with zero attached hydrogens (tertiary/aromatic N) is 1. The van der Waals surface area contributed by atoms with Crippen molar-refractivity contribution in [3.8, 4) is 0 Å². The molecule has 0 spiro atoms. The van der Waals surface area contributed by atoms with E-state index in [0.29, 0.717) is 6.04 Å². The molecule has 96 valence electrons. The normalized spacial score (nSPS) is 12.6. The largest absolute Gasteiger partial charge is 0.327 e. The number of nitrogens with two attached hydrogens (primary N) is 1. The van der Waals surface area contributed by atoms with Gasteiger partial charge in [-0.2, -0.15) is 0 Å². The molecule has 0 bridgehead atoms. The summed E-state index contributed by atoms with van der Waals surface area (Å²) in [6.07, 6.45) is 13.9. The molecule has 0 aromatic carbocycles. The van der Waals surface area contributed by atoms with Crippen LogP contribution in [-0.4, -0.2) is 11.0 Å². The van der Waals surface area contributed by atoms with Gasteiger partial charge in [0.2, 0.25) is 0 Å². The lowest BCUT2D eigenvalue weighted by Crippen LogP contribution is -2.22. The van der Waals surface area contributed by atoms with Gasteiger partial charge < -0.3 is 5.73 Å². The summed E-state index contributed by atoms with van der Waals surface area (Å²) in [6, 6.07) is 4.38. The first kappa shape index (κ1) is 14.2. The molecule has 0 fully saturated rings. The second-order valence-electron chi connectivity index (χ2n) is 4.88. The molecule has 17 heavy (non-hydrogen) atoms. The van der Waals surface area contributed by atoms with Gasteiger partial charge in [0.15, 0.2) is 0 Å². The van der Waals surface area contributed by atoms with Crippen molar-refractivity contribution in [1.82, 2.24) is 4.98 Å². The standard InChI is InChI=1S/C15H26N2/c1-2-3-4-5-6-7-10-15(16)12-14-9-8-11-17-13-14/h8-9,11,13,15H,2-7,10,12,16H2,1H3. The molecule has 2 N–H and O–H groups in total. The third kappa shape index (κ3) is 7.11. The Bertz CT molecular complexity index is 272. The highest BCUT2D eigenvalue weighted by molar-refractivity contribution is 5.09. The molecule has 1 heterocycles. The number of pyridine rings is 1. The fraction of sp³-hybridized carbons (Fsp3) is 0.667. The summed E-state index contributed by atoms with van der Waals surface area (Å²) in [5.74, 6) is 0. The minimum Gasteiger partial charge on any atom is -0.327 e. The predicted octanol–water partition coefficient (Wildman–Crippen LogP) is 3.70. The zero-order valence-corrected chi connectivity index (χ0v) is 11.1. The first-order valence-corrected chi connectivity index (χ1v) is 6.97. The average molecular weight is 234 g/mol. The minimum atomic E-state index is 0.297. The summed E-state index contributed by atoms with van der Waals surface area (Å²) in [6.45, 7) is 2.25. The summed E-state index contributed by atoms with van der Waals surface area (Å²) in [7, 11) is 0. The molecule has 2 nitrogen and oxygen atoms in total. The van der Waals surface area contributed by atoms with E-state index < -0.39 is 0 Å². The summed E-state index contributed by atoms with van der Waals surface area (Å²) in [4.78, 5) is 4.11. The van der Waals surface area contributed by atoms with Crippen molar-refractivity contribution >= 4 is 0 Å². The van der Waals surface area contributed by atoms with Crippen LogP contribution in [0, 0.1) is 0 Å². The molecule has 0 saturated heterocycles. The van der Waals surface area contributed by atoms with Gasteiger partial charge >= 0.3 is 0 Å². The van der Waals surface area contributed by atoms with Crippen LogP contribution in [0.5, 0.6) is 0 Å². The molecule has 1 unspecified atom stereocenters. The van der Waals surface area contributed by atoms with Gasteiger partial charge in [-0.1, -0.05) is 51.5 Å². The Morgan fingerprint density at radius 1 is 1.18 bits per heavy atom. The number of hydrogen-bond acceptors (Lipinski definition) is 2. The van der Waals surface area contributed by atoms with E-state index in [0.717, 1.165) is 12.8 Å². The molecule has 0 amide bonds. The Labute approximate surface area is 106 Å². The molecule has 0 radical (unpaired) electrons. The average Bonchev–Trinajstić information content (AvgIpc) is 2.35. The Balaban J connectivity index is 2.03. The van der Waals surface area contributed by atoms with Gasteiger partial charge in [-0.3, -0.25) is 4.98 Å². The van der Waals surface area contributed by atoms with E-state index in [9.17, 15) is 0 Å². The molecule has 0 aliphatic heterocycles. The van der Waals surface area contributed by atoms with Gasteiger partial charge in [0.1, 0.15) is 0 Å². The lowest BCUT2D eigenvalue weighted by atomic mass is 10.0. The van der Waals surface area contributed by atoms with E-state index in [1.165, 1.54) is 44.1 Å². The number of rotatable bonds is 9. The maximum Gasteiger partial charge on any atom is 0.0300 e. The highest BCUT2D eigenvalue weighted by Gasteiger charge is 2.03. The van der Waals surface area contributed by atoms with Crippen LogP contribution in [0.4, 0.5) is 0 Å². The van der Waals surface area contributed by atoms with Crippen LogP contribution >= 0.6 is 0 Å². The summed E-state index contributed by atoms with van der Waals surface area (Å²) in [5, 5.41) is 0. The van der Waals surface area contributed by atoms with Crippen LogP contribution in [0.15, 0.2) is 24.5 Å². The van der Waals surface area contributed by atoms with Crippen LogP contribution < -0.4 is 5.73 Å². The summed E-state index contributed by atoms with van der Waals surface area (Å²) < 4.78 is 0. The molecule has 1 rings (SSSR count). The summed E-state index contributed by atoms with van der Waals surface area (Å²) >= 11 is 0. The van der Waals surface area contributed by atoms with E-state index in [1.807, 2.05) is 18.5 Å². The van der Waals surface area contributed by atoms with Crippen molar-refractivity contribution in [2.45, 2.75) is 64.3 Å². The van der Waals surface area contributed by atoms with Gasteiger partial charge in [0.05, 0.1) is 0 Å². The monoisotopic (exact) mass is 234 g/mol. The zero-order valence-electron chi connectivity index (χ0n) is 11.1. The molecule has 0 saturated carbocycles. The maximum atomic E-state index is 6.12. The number of hydrogen-bond donors (Lipinski definition) is 1. The third-order valence-corrected chi connectivity index (χ3v) is 3.15. The highest BCUT2D eigenvalue weighted by atomic mass is 14.6. The first-order chi connectivity index (χ1) is 8.33. The third-order valence-electron chi connectivity index (χ3n) is 3.15. The molecule has 2 heteroatoms. The van der Waals surface area contributed by atoms with Crippen molar-refractivity contribution in [3.05, 3.63) is 30.1 Å². The number of unbranched alkanes of at least 4 members (excludes halogenated alkanes) is 5. The van der Waals surface area contributed by atoms with Gasteiger partial charge in [-0.15, -0.1) is 0 Å². The maximum absolute atomic E-state index is 6.12. The van der Waals surface area contributed by atoms with Gasteiger partial charge in [-0.25, -0.2) is 0 Å². The zero-order chi connectivity index (χ0) is 12.3. The predicted molar refractivity (Wildman–Crippen MR) is 73.9 cm³/mol. The number of aromatic nitrogens is 1. The highest BCUT2D eigenvalue weighted by Crippen LogP contribution is 2.10. The molecular formula is C15H26N2. The first-order valence-electron chi connectivity index (χ1n) is 6.97. The van der Waals surface area contributed by atoms with E-state index in [1.54, 1.807) is 0 Å². The van der Waals surface area contributed by atoms with Crippen LogP contribution in [-0.2, 0) is 6.42 Å². The van der Waals surface area contributed by atoms with Crippen molar-refractivity contribution < 1.29 is 0 Å². The van der Waals surface area contributed by atoms with Crippen LogP contribution in [0.1, 0.15) is 57.4 Å². The summed E-state index contributed by atoms with van der Waals surface area (Å²) in [5.41, 5.74) is 7.37. The topological polar surface area (TPSA) is 38.9 Å². The van der Waals surface area contributed by atoms with E-state index >= 15 is 0 Å². The Hall–Kier alpha value is -0.890. The van der Waals surface area contributed by atoms with E-state index in [2.05, 4.69) is 18.0 Å². The van der Waals surface area contributed by atoms with Crippen molar-refractivity contribution in [2.24, 2.45) is 5.73 Å². The van der Waals surface area contributed by atoms with Crippen LogP contribution in [0.25, 0.3) is 0 Å². The van der Waals surface area contributed by atoms with Crippen molar-refractivity contribution in [2.75, 3.05) is 0 Å². The quantitative estimate of drug-likeness (QED) is 0.662. The van der Waals surface area contributed by atoms with Gasteiger partial charge in [-0.05, 0) is 24.5 Å². The molecule has 0 aliphatic carbocycles. The smallest absolute Gasteiger partial charge is 0.0300 e. The van der Waals surface area contributed by atoms with Crippen LogP contribution in [0.3, 0.4) is 0 Å². The Kier molecular flexibility index (Phi) is 7.65. The second-order valence-corrected chi connectivity index (χ2v) is 4.88. The molecular weight excluding hydrogens is 208 g/mol. The second kappa shape index (κ2) is 9.17. The fourth-order valence-electron chi connectivity index (χ4n) is 2.11. The van der Waals surface area contributed by atoms with E-state index in [4.69, 9.17) is 5.73 Å².